The fraction of sp³-hybridized carbons (Fsp3) is 0.120. The molecule has 0 fully saturated rings. The molecule has 0 bridgehead atoms. The molecule has 5 aromatic rings. The SMILES string of the molecule is CSc1nc2c(C)nsc2n1C(c1ccccc1)(c1ccccc1)c1ccccc1. The van der Waals surface area contributed by atoms with Crippen molar-refractivity contribution in [1.82, 2.24) is 13.9 Å². The van der Waals surface area contributed by atoms with Gasteiger partial charge in [-0.25, -0.2) is 4.98 Å². The normalized spacial score (nSPS) is 11.8. The number of nitrogens with zero attached hydrogens (tertiary/aromatic N) is 3. The highest BCUT2D eigenvalue weighted by Crippen LogP contribution is 2.45. The molecule has 0 aliphatic heterocycles. The molecular weight excluding hydrogens is 406 g/mol. The molecule has 5 rings (SSSR count). The van der Waals surface area contributed by atoms with Crippen LogP contribution in [0.3, 0.4) is 0 Å². The van der Waals surface area contributed by atoms with Gasteiger partial charge in [-0.1, -0.05) is 103 Å². The molecule has 3 nitrogen and oxygen atoms in total. The highest BCUT2D eigenvalue weighted by molar-refractivity contribution is 7.98. The van der Waals surface area contributed by atoms with Gasteiger partial charge in [0.25, 0.3) is 0 Å². The Balaban J connectivity index is 2.01. The first-order valence-electron chi connectivity index (χ1n) is 9.82. The van der Waals surface area contributed by atoms with Gasteiger partial charge in [-0.15, -0.1) is 0 Å². The zero-order valence-corrected chi connectivity index (χ0v) is 18.5. The van der Waals surface area contributed by atoms with Gasteiger partial charge in [-0.3, -0.25) is 4.57 Å². The largest absolute Gasteiger partial charge is 0.291 e. The molecule has 0 N–H and O–H groups in total. The molecule has 0 saturated heterocycles. The van der Waals surface area contributed by atoms with E-state index in [4.69, 9.17) is 4.98 Å². The summed E-state index contributed by atoms with van der Waals surface area (Å²) >= 11 is 3.20. The van der Waals surface area contributed by atoms with Crippen LogP contribution in [0.4, 0.5) is 0 Å². The smallest absolute Gasteiger partial charge is 0.170 e. The molecule has 0 atom stereocenters. The number of rotatable bonds is 5. The quantitative estimate of drug-likeness (QED) is 0.241. The van der Waals surface area contributed by atoms with Crippen molar-refractivity contribution in [2.75, 3.05) is 6.26 Å². The summed E-state index contributed by atoms with van der Waals surface area (Å²) in [6, 6.07) is 32.2. The molecule has 0 unspecified atom stereocenters. The second-order valence-electron chi connectivity index (χ2n) is 7.16. The van der Waals surface area contributed by atoms with Crippen LogP contribution in [0.2, 0.25) is 0 Å². The number of hydrogen-bond acceptors (Lipinski definition) is 4. The number of fused-ring (bicyclic) bond motifs is 1. The minimum absolute atomic E-state index is 0.560. The molecule has 2 heterocycles. The summed E-state index contributed by atoms with van der Waals surface area (Å²) in [6.07, 6.45) is 2.09. The Morgan fingerprint density at radius 2 is 1.23 bits per heavy atom. The third-order valence-electron chi connectivity index (χ3n) is 5.51. The van der Waals surface area contributed by atoms with Crippen LogP contribution in [0.25, 0.3) is 10.3 Å². The molecule has 30 heavy (non-hydrogen) atoms. The van der Waals surface area contributed by atoms with Crippen molar-refractivity contribution < 1.29 is 0 Å². The van der Waals surface area contributed by atoms with Crippen molar-refractivity contribution in [1.29, 1.82) is 0 Å². The fourth-order valence-electron chi connectivity index (χ4n) is 4.22. The summed E-state index contributed by atoms with van der Waals surface area (Å²) in [4.78, 5) is 6.10. The predicted molar refractivity (Wildman–Crippen MR) is 127 cm³/mol. The molecule has 2 aromatic heterocycles. The summed E-state index contributed by atoms with van der Waals surface area (Å²) in [5, 5.41) is 0.985. The van der Waals surface area contributed by atoms with Gasteiger partial charge < -0.3 is 0 Å². The van der Waals surface area contributed by atoms with Crippen molar-refractivity contribution in [3.8, 4) is 0 Å². The Bertz CT molecular complexity index is 1180. The van der Waals surface area contributed by atoms with E-state index in [1.54, 1.807) is 11.8 Å². The van der Waals surface area contributed by atoms with Crippen molar-refractivity contribution in [2.24, 2.45) is 0 Å². The molecular formula is C25H21N3S2. The highest BCUT2D eigenvalue weighted by atomic mass is 32.2. The van der Waals surface area contributed by atoms with E-state index in [9.17, 15) is 0 Å². The van der Waals surface area contributed by atoms with Crippen molar-refractivity contribution in [3.63, 3.8) is 0 Å². The lowest BCUT2D eigenvalue weighted by molar-refractivity contribution is 0.492. The number of hydrogen-bond donors (Lipinski definition) is 0. The first kappa shape index (κ1) is 19.1. The van der Waals surface area contributed by atoms with Crippen molar-refractivity contribution in [3.05, 3.63) is 113 Å². The molecule has 5 heteroatoms. The van der Waals surface area contributed by atoms with E-state index in [1.165, 1.54) is 28.2 Å². The molecule has 0 saturated carbocycles. The molecule has 0 amide bonds. The topological polar surface area (TPSA) is 30.7 Å². The highest BCUT2D eigenvalue weighted by Gasteiger charge is 2.41. The third-order valence-corrected chi connectivity index (χ3v) is 7.06. The van der Waals surface area contributed by atoms with Crippen LogP contribution in [0.5, 0.6) is 0 Å². The first-order valence-corrected chi connectivity index (χ1v) is 11.8. The second-order valence-corrected chi connectivity index (χ2v) is 8.69. The minimum Gasteiger partial charge on any atom is -0.291 e. The fourth-order valence-corrected chi connectivity index (χ4v) is 5.76. The average molecular weight is 428 g/mol. The van der Waals surface area contributed by atoms with Gasteiger partial charge in [-0.05, 0) is 41.4 Å². The lowest BCUT2D eigenvalue weighted by Gasteiger charge is -2.38. The maximum atomic E-state index is 5.01. The minimum atomic E-state index is -0.560. The lowest BCUT2D eigenvalue weighted by atomic mass is 9.77. The van der Waals surface area contributed by atoms with E-state index in [0.29, 0.717) is 0 Å². The Labute approximate surface area is 184 Å². The van der Waals surface area contributed by atoms with Gasteiger partial charge in [0, 0.05) is 0 Å². The molecule has 0 aliphatic carbocycles. The van der Waals surface area contributed by atoms with Crippen molar-refractivity contribution >= 4 is 33.6 Å². The second kappa shape index (κ2) is 7.74. The Hall–Kier alpha value is -2.89. The number of benzene rings is 3. The van der Waals surface area contributed by atoms with Crippen LogP contribution in [-0.4, -0.2) is 20.2 Å². The van der Waals surface area contributed by atoms with Gasteiger partial charge in [-0.2, -0.15) is 4.37 Å². The summed E-state index contributed by atoms with van der Waals surface area (Å²) < 4.78 is 7.02. The first-order chi connectivity index (χ1) is 14.8. The van der Waals surface area contributed by atoms with E-state index < -0.39 is 5.54 Å². The van der Waals surface area contributed by atoms with Gasteiger partial charge in [0.05, 0.1) is 5.69 Å². The van der Waals surface area contributed by atoms with Crippen LogP contribution in [0.15, 0.2) is 96.2 Å². The zero-order valence-electron chi connectivity index (χ0n) is 16.8. The molecule has 148 valence electrons. The summed E-state index contributed by atoms with van der Waals surface area (Å²) in [5.41, 5.74) is 4.99. The summed E-state index contributed by atoms with van der Waals surface area (Å²) in [6.45, 7) is 2.04. The standard InChI is InChI=1S/C25H21N3S2/c1-18-22-23(30-27-18)28(24(26-22)29-2)25(19-12-6-3-7-13-19,20-14-8-4-9-15-20)21-16-10-5-11-17-21/h3-17H,1-2H3. The van der Waals surface area contributed by atoms with E-state index >= 15 is 0 Å². The van der Waals surface area contributed by atoms with Gasteiger partial charge in [0.1, 0.15) is 15.9 Å². The Morgan fingerprint density at radius 1 is 0.767 bits per heavy atom. The van der Waals surface area contributed by atoms with E-state index in [1.807, 2.05) is 6.92 Å². The van der Waals surface area contributed by atoms with Gasteiger partial charge in [0.2, 0.25) is 0 Å². The summed E-state index contributed by atoms with van der Waals surface area (Å²) in [5.74, 6) is 0. The molecule has 0 aliphatic rings. The lowest BCUT2D eigenvalue weighted by Crippen LogP contribution is -2.38. The van der Waals surface area contributed by atoms with Crippen LogP contribution in [-0.2, 0) is 5.54 Å². The monoisotopic (exact) mass is 427 g/mol. The van der Waals surface area contributed by atoms with Crippen LogP contribution >= 0.6 is 23.3 Å². The van der Waals surface area contributed by atoms with Crippen LogP contribution < -0.4 is 0 Å². The summed E-state index contributed by atoms with van der Waals surface area (Å²) in [7, 11) is 0. The zero-order chi connectivity index (χ0) is 20.6. The number of thioether (sulfide) groups is 1. The van der Waals surface area contributed by atoms with E-state index in [-0.39, 0.29) is 0 Å². The van der Waals surface area contributed by atoms with Gasteiger partial charge in [0.15, 0.2) is 5.16 Å². The third kappa shape index (κ3) is 2.81. The van der Waals surface area contributed by atoms with E-state index in [2.05, 4.69) is 106 Å². The number of imidazole rings is 1. The predicted octanol–water partition coefficient (Wildman–Crippen LogP) is 6.36. The molecule has 0 spiro atoms. The molecule has 0 radical (unpaired) electrons. The molecule has 3 aromatic carbocycles. The average Bonchev–Trinajstić information content (AvgIpc) is 3.36. The van der Waals surface area contributed by atoms with Crippen molar-refractivity contribution in [2.45, 2.75) is 17.6 Å². The van der Waals surface area contributed by atoms with Crippen LogP contribution in [0, 0.1) is 6.92 Å². The maximum absolute atomic E-state index is 5.01. The number of aromatic nitrogens is 3. The van der Waals surface area contributed by atoms with Crippen LogP contribution in [0.1, 0.15) is 22.4 Å². The Kier molecular flexibility index (Phi) is 4.93. The Morgan fingerprint density at radius 3 is 1.67 bits per heavy atom. The van der Waals surface area contributed by atoms with E-state index in [0.717, 1.165) is 21.2 Å². The number of aryl methyl sites for hydroxylation is 1. The maximum Gasteiger partial charge on any atom is 0.170 e. The van der Waals surface area contributed by atoms with Gasteiger partial charge >= 0.3 is 0 Å².